The molecule has 0 radical (unpaired) electrons. The van der Waals surface area contributed by atoms with Crippen molar-refractivity contribution in [2.24, 2.45) is 0 Å². The Morgan fingerprint density at radius 1 is 1.39 bits per heavy atom. The van der Waals surface area contributed by atoms with Crippen LogP contribution in [0.5, 0.6) is 0 Å². The van der Waals surface area contributed by atoms with Crippen LogP contribution in [0.4, 0.5) is 0 Å². The van der Waals surface area contributed by atoms with Gasteiger partial charge in [0.2, 0.25) is 0 Å². The fraction of sp³-hybridized carbons (Fsp3) is 0.167. The Bertz CT molecular complexity index is 768. The third kappa shape index (κ3) is 1.76. The highest BCUT2D eigenvalue weighted by molar-refractivity contribution is 7.71. The Labute approximate surface area is 114 Å². The second-order valence-electron chi connectivity index (χ2n) is 4.01. The zero-order valence-electron chi connectivity index (χ0n) is 9.70. The SMILES string of the molecule is CCn1c(-c2cc3cc(Cl)ccc3[nH]2)n[nH]c1=S. The lowest BCUT2D eigenvalue weighted by molar-refractivity contribution is 0.754. The zero-order valence-corrected chi connectivity index (χ0v) is 11.3. The van der Waals surface area contributed by atoms with Crippen molar-refractivity contribution in [2.45, 2.75) is 13.5 Å². The molecule has 0 atom stereocenters. The number of aromatic amines is 2. The van der Waals surface area contributed by atoms with E-state index >= 15 is 0 Å². The number of nitrogens with zero attached hydrogens (tertiary/aromatic N) is 2. The third-order valence-electron chi connectivity index (χ3n) is 2.90. The Hall–Kier alpha value is -1.59. The minimum Gasteiger partial charge on any atom is -0.352 e. The van der Waals surface area contributed by atoms with Crippen molar-refractivity contribution in [3.63, 3.8) is 0 Å². The molecule has 0 amide bonds. The van der Waals surface area contributed by atoms with Crippen LogP contribution in [0.2, 0.25) is 5.02 Å². The molecule has 1 aromatic carbocycles. The first kappa shape index (κ1) is 11.5. The minimum absolute atomic E-state index is 0.629. The smallest absolute Gasteiger partial charge is 0.195 e. The molecule has 0 bridgehead atoms. The lowest BCUT2D eigenvalue weighted by atomic mass is 10.2. The summed E-state index contributed by atoms with van der Waals surface area (Å²) >= 11 is 11.2. The second-order valence-corrected chi connectivity index (χ2v) is 4.83. The van der Waals surface area contributed by atoms with Crippen LogP contribution in [-0.2, 0) is 6.54 Å². The summed E-state index contributed by atoms with van der Waals surface area (Å²) in [5.41, 5.74) is 1.97. The number of hydrogen-bond donors (Lipinski definition) is 2. The van der Waals surface area contributed by atoms with E-state index in [1.165, 1.54) is 0 Å². The van der Waals surface area contributed by atoms with Gasteiger partial charge in [-0.25, -0.2) is 0 Å². The maximum atomic E-state index is 5.98. The average Bonchev–Trinajstić information content (AvgIpc) is 2.91. The molecule has 4 nitrogen and oxygen atoms in total. The highest BCUT2D eigenvalue weighted by Crippen LogP contribution is 2.25. The van der Waals surface area contributed by atoms with E-state index in [-0.39, 0.29) is 0 Å². The summed E-state index contributed by atoms with van der Waals surface area (Å²) in [7, 11) is 0. The van der Waals surface area contributed by atoms with Gasteiger partial charge in [-0.3, -0.25) is 9.67 Å². The maximum absolute atomic E-state index is 5.98. The maximum Gasteiger partial charge on any atom is 0.195 e. The molecule has 0 saturated carbocycles. The first-order chi connectivity index (χ1) is 8.69. The van der Waals surface area contributed by atoms with Crippen LogP contribution in [0, 0.1) is 4.77 Å². The van der Waals surface area contributed by atoms with Gasteiger partial charge in [-0.1, -0.05) is 11.6 Å². The molecule has 2 heterocycles. The van der Waals surface area contributed by atoms with E-state index in [9.17, 15) is 0 Å². The van der Waals surface area contributed by atoms with Gasteiger partial charge in [-0.05, 0) is 43.4 Å². The van der Waals surface area contributed by atoms with Gasteiger partial charge in [-0.15, -0.1) is 0 Å². The molecular weight excluding hydrogens is 268 g/mol. The minimum atomic E-state index is 0.629. The molecular formula is C12H11ClN4S. The molecule has 3 rings (SSSR count). The van der Waals surface area contributed by atoms with Crippen LogP contribution in [0.15, 0.2) is 24.3 Å². The van der Waals surface area contributed by atoms with Crippen LogP contribution in [0.25, 0.3) is 22.4 Å². The van der Waals surface area contributed by atoms with E-state index < -0.39 is 0 Å². The number of rotatable bonds is 2. The number of H-pyrrole nitrogens is 2. The van der Waals surface area contributed by atoms with Crippen molar-refractivity contribution in [3.8, 4) is 11.5 Å². The van der Waals surface area contributed by atoms with Crippen molar-refractivity contribution in [2.75, 3.05) is 0 Å². The van der Waals surface area contributed by atoms with E-state index in [1.807, 2.05) is 35.8 Å². The van der Waals surface area contributed by atoms with Gasteiger partial charge in [0, 0.05) is 22.5 Å². The summed E-state index contributed by atoms with van der Waals surface area (Å²) in [5, 5.41) is 8.86. The number of halogens is 1. The second kappa shape index (κ2) is 4.26. The number of nitrogens with one attached hydrogen (secondary N) is 2. The van der Waals surface area contributed by atoms with Crippen LogP contribution in [-0.4, -0.2) is 19.7 Å². The van der Waals surface area contributed by atoms with E-state index in [0.29, 0.717) is 4.77 Å². The molecule has 0 unspecified atom stereocenters. The van der Waals surface area contributed by atoms with Crippen molar-refractivity contribution in [1.82, 2.24) is 19.7 Å². The topological polar surface area (TPSA) is 49.4 Å². The first-order valence-electron chi connectivity index (χ1n) is 5.63. The molecule has 0 spiro atoms. The molecule has 0 aliphatic carbocycles. The Balaban J connectivity index is 2.22. The summed E-state index contributed by atoms with van der Waals surface area (Å²) in [4.78, 5) is 3.32. The van der Waals surface area contributed by atoms with Gasteiger partial charge < -0.3 is 4.98 Å². The van der Waals surface area contributed by atoms with Crippen LogP contribution in [0.1, 0.15) is 6.92 Å². The van der Waals surface area contributed by atoms with Gasteiger partial charge in [0.05, 0.1) is 5.69 Å². The Morgan fingerprint density at radius 2 is 2.22 bits per heavy atom. The molecule has 0 fully saturated rings. The predicted octanol–water partition coefficient (Wildman–Crippen LogP) is 3.76. The number of aromatic nitrogens is 4. The predicted molar refractivity (Wildman–Crippen MR) is 75.4 cm³/mol. The normalized spacial score (nSPS) is 11.2. The standard InChI is InChI=1S/C12H11ClN4S/c1-2-17-11(15-16-12(17)18)10-6-7-5-8(13)3-4-9(7)14-10/h3-6,14H,2H2,1H3,(H,16,18). The van der Waals surface area contributed by atoms with Crippen molar-refractivity contribution >= 4 is 34.7 Å². The van der Waals surface area contributed by atoms with Crippen LogP contribution >= 0.6 is 23.8 Å². The molecule has 2 aromatic heterocycles. The fourth-order valence-corrected chi connectivity index (χ4v) is 2.48. The third-order valence-corrected chi connectivity index (χ3v) is 3.44. The van der Waals surface area contributed by atoms with Crippen LogP contribution < -0.4 is 0 Å². The summed E-state index contributed by atoms with van der Waals surface area (Å²) in [5.74, 6) is 0.815. The number of benzene rings is 1. The quantitative estimate of drug-likeness (QED) is 0.701. The molecule has 0 aliphatic heterocycles. The number of hydrogen-bond acceptors (Lipinski definition) is 2. The molecule has 92 valence electrons. The van der Waals surface area contributed by atoms with Crippen molar-refractivity contribution < 1.29 is 0 Å². The summed E-state index contributed by atoms with van der Waals surface area (Å²) in [6.07, 6.45) is 0. The van der Waals surface area contributed by atoms with Gasteiger partial charge in [0.1, 0.15) is 0 Å². The van der Waals surface area contributed by atoms with E-state index in [1.54, 1.807) is 0 Å². The largest absolute Gasteiger partial charge is 0.352 e. The molecule has 2 N–H and O–H groups in total. The molecule has 3 aromatic rings. The highest BCUT2D eigenvalue weighted by Gasteiger charge is 2.10. The first-order valence-corrected chi connectivity index (χ1v) is 6.41. The van der Waals surface area contributed by atoms with Crippen molar-refractivity contribution in [1.29, 1.82) is 0 Å². The van der Waals surface area contributed by atoms with Crippen LogP contribution in [0.3, 0.4) is 0 Å². The number of fused-ring (bicyclic) bond motifs is 1. The van der Waals surface area contributed by atoms with Gasteiger partial charge in [0.15, 0.2) is 10.6 Å². The van der Waals surface area contributed by atoms with E-state index in [2.05, 4.69) is 15.2 Å². The summed E-state index contributed by atoms with van der Waals surface area (Å²) in [6.45, 7) is 2.81. The lowest BCUT2D eigenvalue weighted by Gasteiger charge is -1.99. The van der Waals surface area contributed by atoms with Gasteiger partial charge in [-0.2, -0.15) is 5.10 Å². The molecule has 0 aliphatic rings. The van der Waals surface area contributed by atoms with E-state index in [0.717, 1.165) is 34.0 Å². The van der Waals surface area contributed by atoms with Crippen molar-refractivity contribution in [3.05, 3.63) is 34.1 Å². The van der Waals surface area contributed by atoms with Gasteiger partial charge in [0.25, 0.3) is 0 Å². The molecule has 18 heavy (non-hydrogen) atoms. The lowest BCUT2D eigenvalue weighted by Crippen LogP contribution is -1.97. The Morgan fingerprint density at radius 3 is 3.00 bits per heavy atom. The highest BCUT2D eigenvalue weighted by atomic mass is 35.5. The average molecular weight is 279 g/mol. The summed E-state index contributed by atoms with van der Waals surface area (Å²) < 4.78 is 2.57. The monoisotopic (exact) mass is 278 g/mol. The molecule has 6 heteroatoms. The van der Waals surface area contributed by atoms with E-state index in [4.69, 9.17) is 23.8 Å². The molecule has 0 saturated heterocycles. The summed E-state index contributed by atoms with van der Waals surface area (Å²) in [6, 6.07) is 7.77. The fourth-order valence-electron chi connectivity index (χ4n) is 2.04. The zero-order chi connectivity index (χ0) is 12.7. The van der Waals surface area contributed by atoms with Gasteiger partial charge >= 0.3 is 0 Å². The Kier molecular flexibility index (Phi) is 2.72.